The number of aromatic nitrogens is 2. The fourth-order valence-electron chi connectivity index (χ4n) is 1.49. The largest absolute Gasteiger partial charge is 0.442 e. The lowest BCUT2D eigenvalue weighted by Crippen LogP contribution is -2.27. The summed E-state index contributed by atoms with van der Waals surface area (Å²) in [4.78, 5) is 12.1. The molecule has 4 nitrogen and oxygen atoms in total. The van der Waals surface area contributed by atoms with Crippen molar-refractivity contribution in [2.24, 2.45) is 0 Å². The molecule has 18 heavy (non-hydrogen) atoms. The maximum atomic E-state index is 12.1. The molecule has 0 aliphatic heterocycles. The minimum Gasteiger partial charge on any atom is -0.442 e. The van der Waals surface area contributed by atoms with E-state index >= 15 is 0 Å². The van der Waals surface area contributed by atoms with Crippen molar-refractivity contribution in [1.29, 1.82) is 0 Å². The van der Waals surface area contributed by atoms with E-state index in [0.717, 1.165) is 19.1 Å². The van der Waals surface area contributed by atoms with Crippen molar-refractivity contribution in [2.45, 2.75) is 26.4 Å². The monoisotopic (exact) mass is 422 g/mol. The van der Waals surface area contributed by atoms with Crippen LogP contribution in [-0.2, 0) is 4.74 Å². The number of benzene rings is 1. The molecule has 2 rings (SSSR count). The van der Waals surface area contributed by atoms with Gasteiger partial charge in [0, 0.05) is 9.86 Å². The average Bonchev–Trinajstić information content (AvgIpc) is 2.53. The molecule has 0 amide bonds. The van der Waals surface area contributed by atoms with Gasteiger partial charge in [-0.3, -0.25) is 0 Å². The van der Waals surface area contributed by atoms with E-state index in [4.69, 9.17) is 4.74 Å². The van der Waals surface area contributed by atoms with Crippen LogP contribution in [-0.4, -0.2) is 21.5 Å². The second kappa shape index (κ2) is 4.80. The standard InChI is InChI=1S/C12H12BrIN2O2/c1-12(2,3)18-11(17)16-9-6-7(13)4-5-8(9)10(14)15-16/h4-6H,1-3H3. The molecule has 0 aliphatic carbocycles. The molecule has 0 saturated heterocycles. The van der Waals surface area contributed by atoms with E-state index < -0.39 is 11.7 Å². The summed E-state index contributed by atoms with van der Waals surface area (Å²) < 4.78 is 8.30. The van der Waals surface area contributed by atoms with Gasteiger partial charge in [-0.05, 0) is 61.6 Å². The predicted molar refractivity (Wildman–Crippen MR) is 81.8 cm³/mol. The van der Waals surface area contributed by atoms with Crippen LogP contribution < -0.4 is 0 Å². The van der Waals surface area contributed by atoms with E-state index in [1.165, 1.54) is 4.68 Å². The Hall–Kier alpha value is -0.630. The van der Waals surface area contributed by atoms with E-state index in [1.807, 2.05) is 39.0 Å². The first-order valence-electron chi connectivity index (χ1n) is 5.35. The van der Waals surface area contributed by atoms with Crippen LogP contribution in [0.25, 0.3) is 10.9 Å². The van der Waals surface area contributed by atoms with Crippen LogP contribution in [0.4, 0.5) is 4.79 Å². The van der Waals surface area contributed by atoms with E-state index in [9.17, 15) is 4.79 Å². The lowest BCUT2D eigenvalue weighted by atomic mass is 10.2. The highest BCUT2D eigenvalue weighted by molar-refractivity contribution is 14.1. The smallest absolute Gasteiger partial charge is 0.435 e. The Morgan fingerprint density at radius 3 is 2.72 bits per heavy atom. The van der Waals surface area contributed by atoms with Gasteiger partial charge in [0.1, 0.15) is 9.30 Å². The predicted octanol–water partition coefficient (Wildman–Crippen LogP) is 4.19. The van der Waals surface area contributed by atoms with Gasteiger partial charge in [0.05, 0.1) is 5.52 Å². The summed E-state index contributed by atoms with van der Waals surface area (Å²) in [5, 5.41) is 5.16. The Balaban J connectivity index is 2.51. The van der Waals surface area contributed by atoms with E-state index in [0.29, 0.717) is 0 Å². The molecule has 1 aromatic heterocycles. The molecule has 0 spiro atoms. The first kappa shape index (κ1) is 13.8. The molecule has 6 heteroatoms. The maximum Gasteiger partial charge on any atom is 0.435 e. The molecule has 1 aromatic carbocycles. The van der Waals surface area contributed by atoms with Crippen molar-refractivity contribution in [3.05, 3.63) is 26.4 Å². The van der Waals surface area contributed by atoms with Crippen molar-refractivity contribution in [2.75, 3.05) is 0 Å². The van der Waals surface area contributed by atoms with Gasteiger partial charge >= 0.3 is 6.09 Å². The minimum atomic E-state index is -0.535. The third kappa shape index (κ3) is 2.85. The second-order valence-corrected chi connectivity index (χ2v) is 6.78. The minimum absolute atomic E-state index is 0.464. The fourth-order valence-corrected chi connectivity index (χ4v) is 2.52. The van der Waals surface area contributed by atoms with Crippen molar-refractivity contribution in [1.82, 2.24) is 9.78 Å². The molecule has 0 fully saturated rings. The van der Waals surface area contributed by atoms with Gasteiger partial charge in [-0.15, -0.1) is 0 Å². The highest BCUT2D eigenvalue weighted by Gasteiger charge is 2.21. The Morgan fingerprint density at radius 2 is 2.11 bits per heavy atom. The Bertz CT molecular complexity index is 616. The van der Waals surface area contributed by atoms with E-state index in [-0.39, 0.29) is 0 Å². The quantitative estimate of drug-likeness (QED) is 0.598. The van der Waals surface area contributed by atoms with Crippen molar-refractivity contribution < 1.29 is 9.53 Å². The molecule has 0 saturated carbocycles. The third-order valence-corrected chi connectivity index (χ3v) is 3.45. The lowest BCUT2D eigenvalue weighted by molar-refractivity contribution is 0.0522. The SMILES string of the molecule is CC(C)(C)OC(=O)n1nc(I)c2ccc(Br)cc21. The molecule has 96 valence electrons. The number of ether oxygens (including phenoxy) is 1. The fraction of sp³-hybridized carbons (Fsp3) is 0.333. The highest BCUT2D eigenvalue weighted by Crippen LogP contribution is 2.24. The summed E-state index contributed by atoms with van der Waals surface area (Å²) in [5.74, 6) is 0. The Labute approximate surface area is 127 Å². The summed E-state index contributed by atoms with van der Waals surface area (Å²) in [7, 11) is 0. The summed E-state index contributed by atoms with van der Waals surface area (Å²) in [6, 6.07) is 5.70. The van der Waals surface area contributed by atoms with Crippen LogP contribution in [0.1, 0.15) is 20.8 Å². The van der Waals surface area contributed by atoms with Crippen molar-refractivity contribution >= 4 is 55.5 Å². The molecule has 0 N–H and O–H groups in total. The van der Waals surface area contributed by atoms with Crippen molar-refractivity contribution in [3.63, 3.8) is 0 Å². The summed E-state index contributed by atoms with van der Waals surface area (Å²) in [6.07, 6.45) is -0.464. The van der Waals surface area contributed by atoms with E-state index in [2.05, 4.69) is 43.6 Å². The Morgan fingerprint density at radius 1 is 1.44 bits per heavy atom. The van der Waals surface area contributed by atoms with Gasteiger partial charge in [-0.1, -0.05) is 15.9 Å². The number of fused-ring (bicyclic) bond motifs is 1. The van der Waals surface area contributed by atoms with Gasteiger partial charge in [-0.2, -0.15) is 9.78 Å². The number of carbonyl (C=O) groups is 1. The van der Waals surface area contributed by atoms with Crippen LogP contribution in [0, 0.1) is 3.70 Å². The van der Waals surface area contributed by atoms with Crippen LogP contribution in [0.2, 0.25) is 0 Å². The molecule has 0 unspecified atom stereocenters. The zero-order valence-electron chi connectivity index (χ0n) is 10.2. The molecule has 2 aromatic rings. The van der Waals surface area contributed by atoms with Crippen LogP contribution in [0.3, 0.4) is 0 Å². The van der Waals surface area contributed by atoms with Gasteiger partial charge in [-0.25, -0.2) is 4.79 Å². The molecule has 0 radical (unpaired) electrons. The number of carbonyl (C=O) groups excluding carboxylic acids is 1. The highest BCUT2D eigenvalue weighted by atomic mass is 127. The van der Waals surface area contributed by atoms with Crippen LogP contribution in [0.5, 0.6) is 0 Å². The van der Waals surface area contributed by atoms with Gasteiger partial charge in [0.15, 0.2) is 0 Å². The zero-order valence-corrected chi connectivity index (χ0v) is 13.9. The number of rotatable bonds is 0. The number of nitrogens with zero attached hydrogens (tertiary/aromatic N) is 2. The molecular weight excluding hydrogens is 411 g/mol. The maximum absolute atomic E-state index is 12.1. The van der Waals surface area contributed by atoms with Gasteiger partial charge in [0.25, 0.3) is 0 Å². The lowest BCUT2D eigenvalue weighted by Gasteiger charge is -2.19. The number of halogens is 2. The molecule has 1 heterocycles. The summed E-state index contributed by atoms with van der Waals surface area (Å²) in [5.41, 5.74) is 0.204. The Kier molecular flexibility index (Phi) is 3.68. The topological polar surface area (TPSA) is 44.1 Å². The number of hydrogen-bond donors (Lipinski definition) is 0. The average molecular weight is 423 g/mol. The summed E-state index contributed by atoms with van der Waals surface area (Å²) >= 11 is 5.50. The molecule has 0 bridgehead atoms. The molecule has 0 atom stereocenters. The van der Waals surface area contributed by atoms with E-state index in [1.54, 1.807) is 0 Å². The molecular formula is C12H12BrIN2O2. The first-order chi connectivity index (χ1) is 8.28. The zero-order chi connectivity index (χ0) is 13.5. The third-order valence-electron chi connectivity index (χ3n) is 2.16. The first-order valence-corrected chi connectivity index (χ1v) is 7.22. The summed E-state index contributed by atoms with van der Waals surface area (Å²) in [6.45, 7) is 5.49. The van der Waals surface area contributed by atoms with Crippen LogP contribution >= 0.6 is 38.5 Å². The molecule has 0 aliphatic rings. The van der Waals surface area contributed by atoms with Gasteiger partial charge in [0.2, 0.25) is 0 Å². The number of hydrogen-bond acceptors (Lipinski definition) is 3. The van der Waals surface area contributed by atoms with Crippen LogP contribution in [0.15, 0.2) is 22.7 Å². The second-order valence-electron chi connectivity index (χ2n) is 4.84. The van der Waals surface area contributed by atoms with Crippen molar-refractivity contribution in [3.8, 4) is 0 Å². The van der Waals surface area contributed by atoms with Gasteiger partial charge < -0.3 is 4.74 Å². The normalized spacial score (nSPS) is 11.8.